The van der Waals surface area contributed by atoms with Crippen molar-refractivity contribution in [3.63, 3.8) is 0 Å². The minimum Gasteiger partial charge on any atom is -0.493 e. The molecule has 0 radical (unpaired) electrons. The summed E-state index contributed by atoms with van der Waals surface area (Å²) in [6.45, 7) is 3.56. The number of fused-ring (bicyclic) bond motifs is 3. The molecule has 0 amide bonds. The van der Waals surface area contributed by atoms with Crippen LogP contribution in [-0.2, 0) is 6.54 Å². The second-order valence-corrected chi connectivity index (χ2v) is 6.19. The molecule has 2 heterocycles. The van der Waals surface area contributed by atoms with Crippen LogP contribution in [0.5, 0.6) is 11.5 Å². The third-order valence-corrected chi connectivity index (χ3v) is 4.77. The van der Waals surface area contributed by atoms with Gasteiger partial charge in [0.1, 0.15) is 6.54 Å². The van der Waals surface area contributed by atoms with Crippen LogP contribution in [0.4, 0.5) is 0 Å². The first-order valence-corrected chi connectivity index (χ1v) is 8.71. The lowest BCUT2D eigenvalue weighted by Gasteiger charge is -2.17. The lowest BCUT2D eigenvalue weighted by molar-refractivity contribution is -0.702. The summed E-state index contributed by atoms with van der Waals surface area (Å²) in [7, 11) is 1.68. The van der Waals surface area contributed by atoms with Crippen molar-refractivity contribution in [1.29, 1.82) is 0 Å². The van der Waals surface area contributed by atoms with E-state index in [0.29, 0.717) is 6.61 Å². The van der Waals surface area contributed by atoms with E-state index in [1.54, 1.807) is 7.11 Å². The molecule has 4 nitrogen and oxygen atoms in total. The molecule has 4 rings (SSSR count). The molecule has 1 atom stereocenters. The SMILES string of the molecule is CCOc1cc(C2[NH2+]Cc3ccccc3-n3cccc32)ccc1OC. The number of aromatic nitrogens is 1. The van der Waals surface area contributed by atoms with Crippen LogP contribution < -0.4 is 14.8 Å². The smallest absolute Gasteiger partial charge is 0.161 e. The molecular formula is C21H23N2O2+. The van der Waals surface area contributed by atoms with E-state index in [1.165, 1.54) is 22.5 Å². The van der Waals surface area contributed by atoms with Gasteiger partial charge in [-0.15, -0.1) is 0 Å². The van der Waals surface area contributed by atoms with Crippen LogP contribution in [0.2, 0.25) is 0 Å². The van der Waals surface area contributed by atoms with Gasteiger partial charge < -0.3 is 19.4 Å². The van der Waals surface area contributed by atoms with Crippen LogP contribution in [0, 0.1) is 0 Å². The largest absolute Gasteiger partial charge is 0.493 e. The van der Waals surface area contributed by atoms with Crippen LogP contribution in [0.15, 0.2) is 60.8 Å². The van der Waals surface area contributed by atoms with Gasteiger partial charge in [-0.1, -0.05) is 18.2 Å². The standard InChI is InChI=1S/C21H22N2O2/c1-3-25-20-13-15(10-11-19(20)24-2)21-18-9-6-12-23(18)17-8-5-4-7-16(17)14-22-21/h4-13,21-22H,3,14H2,1-2H3/p+1. The van der Waals surface area contributed by atoms with Gasteiger partial charge in [0.25, 0.3) is 0 Å². The van der Waals surface area contributed by atoms with Gasteiger partial charge in [-0.2, -0.15) is 0 Å². The van der Waals surface area contributed by atoms with E-state index in [1.807, 2.05) is 13.0 Å². The number of para-hydroxylation sites is 1. The zero-order valence-corrected chi connectivity index (χ0v) is 14.6. The summed E-state index contributed by atoms with van der Waals surface area (Å²) in [5.74, 6) is 1.58. The average molecular weight is 335 g/mol. The first kappa shape index (κ1) is 15.8. The van der Waals surface area contributed by atoms with Gasteiger partial charge in [0.2, 0.25) is 0 Å². The molecule has 0 aliphatic carbocycles. The topological polar surface area (TPSA) is 40.0 Å². The molecule has 2 aromatic carbocycles. The maximum atomic E-state index is 5.78. The maximum absolute atomic E-state index is 5.78. The average Bonchev–Trinajstić information content (AvgIpc) is 3.06. The highest BCUT2D eigenvalue weighted by Crippen LogP contribution is 2.33. The number of hydrogen-bond acceptors (Lipinski definition) is 2. The summed E-state index contributed by atoms with van der Waals surface area (Å²) in [6, 6.07) is 19.4. The highest BCUT2D eigenvalue weighted by atomic mass is 16.5. The van der Waals surface area contributed by atoms with Gasteiger partial charge >= 0.3 is 0 Å². The molecule has 0 saturated heterocycles. The fourth-order valence-corrected chi connectivity index (χ4v) is 3.61. The van der Waals surface area contributed by atoms with Crippen LogP contribution in [0.25, 0.3) is 5.69 Å². The number of hydrogen-bond donors (Lipinski definition) is 1. The normalized spacial score (nSPS) is 15.8. The molecular weight excluding hydrogens is 312 g/mol. The fourth-order valence-electron chi connectivity index (χ4n) is 3.61. The Kier molecular flexibility index (Phi) is 4.20. The molecule has 2 N–H and O–H groups in total. The second kappa shape index (κ2) is 6.65. The molecule has 1 aromatic heterocycles. The number of nitrogens with zero attached hydrogens (tertiary/aromatic N) is 1. The van der Waals surface area contributed by atoms with Crippen molar-refractivity contribution < 1.29 is 14.8 Å². The van der Waals surface area contributed by atoms with E-state index in [-0.39, 0.29) is 6.04 Å². The third-order valence-electron chi connectivity index (χ3n) is 4.77. The number of nitrogens with two attached hydrogens (primary N) is 1. The van der Waals surface area contributed by atoms with Gasteiger partial charge in [-0.25, -0.2) is 0 Å². The summed E-state index contributed by atoms with van der Waals surface area (Å²) >= 11 is 0. The maximum Gasteiger partial charge on any atom is 0.161 e. The summed E-state index contributed by atoms with van der Waals surface area (Å²) in [6.07, 6.45) is 2.15. The van der Waals surface area contributed by atoms with Crippen molar-refractivity contribution in [3.8, 4) is 17.2 Å². The molecule has 0 fully saturated rings. The van der Waals surface area contributed by atoms with Crippen molar-refractivity contribution in [3.05, 3.63) is 77.6 Å². The Bertz CT molecular complexity index is 885. The van der Waals surface area contributed by atoms with E-state index in [9.17, 15) is 0 Å². The number of ether oxygens (including phenoxy) is 2. The highest BCUT2D eigenvalue weighted by Gasteiger charge is 2.26. The van der Waals surface area contributed by atoms with E-state index in [2.05, 4.69) is 64.6 Å². The Labute approximate surface area is 148 Å². The molecule has 25 heavy (non-hydrogen) atoms. The van der Waals surface area contributed by atoms with E-state index < -0.39 is 0 Å². The Morgan fingerprint density at radius 2 is 1.96 bits per heavy atom. The van der Waals surface area contributed by atoms with Gasteiger partial charge in [0.15, 0.2) is 17.5 Å². The summed E-state index contributed by atoms with van der Waals surface area (Å²) in [5.41, 5.74) is 5.11. The van der Waals surface area contributed by atoms with Crippen LogP contribution in [0.3, 0.4) is 0 Å². The second-order valence-electron chi connectivity index (χ2n) is 6.19. The van der Waals surface area contributed by atoms with Crippen molar-refractivity contribution in [2.45, 2.75) is 19.5 Å². The van der Waals surface area contributed by atoms with Crippen molar-refractivity contribution in [2.24, 2.45) is 0 Å². The Hall–Kier alpha value is -2.72. The Morgan fingerprint density at radius 3 is 2.80 bits per heavy atom. The molecule has 1 aliphatic heterocycles. The molecule has 0 bridgehead atoms. The minimum absolute atomic E-state index is 0.215. The quantitative estimate of drug-likeness (QED) is 0.796. The molecule has 128 valence electrons. The third kappa shape index (κ3) is 2.79. The number of rotatable bonds is 4. The molecule has 0 spiro atoms. The lowest BCUT2D eigenvalue weighted by Crippen LogP contribution is -2.83. The van der Waals surface area contributed by atoms with Crippen molar-refractivity contribution in [2.75, 3.05) is 13.7 Å². The monoisotopic (exact) mass is 335 g/mol. The molecule has 4 heteroatoms. The molecule has 0 saturated carbocycles. The van der Waals surface area contributed by atoms with E-state index >= 15 is 0 Å². The lowest BCUT2D eigenvalue weighted by atomic mass is 10.0. The van der Waals surface area contributed by atoms with Crippen molar-refractivity contribution in [1.82, 2.24) is 4.57 Å². The fraction of sp³-hybridized carbons (Fsp3) is 0.238. The minimum atomic E-state index is 0.215. The summed E-state index contributed by atoms with van der Waals surface area (Å²) < 4.78 is 13.5. The van der Waals surface area contributed by atoms with Crippen molar-refractivity contribution >= 4 is 0 Å². The summed E-state index contributed by atoms with van der Waals surface area (Å²) in [5, 5.41) is 2.38. The molecule has 1 aliphatic rings. The Balaban J connectivity index is 1.79. The zero-order chi connectivity index (χ0) is 17.2. The first-order valence-electron chi connectivity index (χ1n) is 8.71. The van der Waals surface area contributed by atoms with E-state index in [0.717, 1.165) is 18.0 Å². The van der Waals surface area contributed by atoms with Gasteiger partial charge in [0.05, 0.1) is 25.1 Å². The Morgan fingerprint density at radius 1 is 1.08 bits per heavy atom. The highest BCUT2D eigenvalue weighted by molar-refractivity contribution is 5.48. The van der Waals surface area contributed by atoms with Crippen LogP contribution in [0.1, 0.15) is 29.8 Å². The zero-order valence-electron chi connectivity index (χ0n) is 14.6. The number of quaternary nitrogens is 1. The summed E-state index contributed by atoms with van der Waals surface area (Å²) in [4.78, 5) is 0. The van der Waals surface area contributed by atoms with Gasteiger partial charge in [0, 0.05) is 17.3 Å². The molecule has 1 unspecified atom stereocenters. The van der Waals surface area contributed by atoms with Crippen LogP contribution >= 0.6 is 0 Å². The van der Waals surface area contributed by atoms with Crippen LogP contribution in [-0.4, -0.2) is 18.3 Å². The van der Waals surface area contributed by atoms with Gasteiger partial charge in [-0.3, -0.25) is 0 Å². The first-order chi connectivity index (χ1) is 12.3. The predicted octanol–water partition coefficient (Wildman–Crippen LogP) is 3.05. The van der Waals surface area contributed by atoms with Gasteiger partial charge in [-0.05, 0) is 43.3 Å². The predicted molar refractivity (Wildman–Crippen MR) is 97.4 cm³/mol. The number of methoxy groups -OCH3 is 1. The van der Waals surface area contributed by atoms with E-state index in [4.69, 9.17) is 9.47 Å². The molecule has 3 aromatic rings. The number of benzene rings is 2.